The zero-order valence-electron chi connectivity index (χ0n) is 35.8. The number of hydrogen-bond donors (Lipinski definition) is 2. The second-order valence-electron chi connectivity index (χ2n) is 14.2. The number of allylic oxidation sites excluding steroid dienone is 14. The fourth-order valence-corrected chi connectivity index (χ4v) is 6.22. The van der Waals surface area contributed by atoms with Gasteiger partial charge in [-0.25, -0.2) is 4.57 Å². The molecule has 0 heterocycles. The Kier molecular flexibility index (Phi) is 40.7. The predicted molar refractivity (Wildman–Crippen MR) is 238 cm³/mol. The largest absolute Gasteiger partial charge is 0.472 e. The number of rotatable bonds is 40. The number of phosphoric ester groups is 1. The van der Waals surface area contributed by atoms with Crippen molar-refractivity contribution in [1.82, 2.24) is 0 Å². The minimum absolute atomic E-state index is 0.0369. The molecule has 0 aliphatic rings. The van der Waals surface area contributed by atoms with Crippen molar-refractivity contribution in [1.29, 1.82) is 0 Å². The van der Waals surface area contributed by atoms with Gasteiger partial charge < -0.3 is 20.1 Å². The molecule has 0 fully saturated rings. The molecule has 10 heteroatoms. The number of nitrogens with two attached hydrogens (primary N) is 1. The van der Waals surface area contributed by atoms with Crippen LogP contribution in [-0.4, -0.2) is 49.3 Å². The lowest BCUT2D eigenvalue weighted by Gasteiger charge is -2.19. The Morgan fingerprint density at radius 3 is 1.44 bits per heavy atom. The third kappa shape index (κ3) is 42.6. The van der Waals surface area contributed by atoms with Crippen LogP contribution in [0.3, 0.4) is 0 Å². The number of phosphoric acid groups is 1. The SMILES string of the molecule is CCCCC/C=C\C/C=C\C/C=C\C/C=C\CCCCCC(=O)O[C@H](COC(=O)CCC/C=C\C/C=C\C/C=C\CCCCCCCC)COP(=O)(O)OCCN. The summed E-state index contributed by atoms with van der Waals surface area (Å²) in [7, 11) is -4.40. The zero-order valence-corrected chi connectivity index (χ0v) is 36.7. The van der Waals surface area contributed by atoms with Crippen molar-refractivity contribution < 1.29 is 37.6 Å². The predicted octanol–water partition coefficient (Wildman–Crippen LogP) is 12.8. The molecule has 57 heavy (non-hydrogen) atoms. The van der Waals surface area contributed by atoms with Crippen molar-refractivity contribution in [2.45, 2.75) is 174 Å². The lowest BCUT2D eigenvalue weighted by molar-refractivity contribution is -0.161. The molecule has 0 radical (unpaired) electrons. The third-order valence-electron chi connectivity index (χ3n) is 8.75. The Balaban J connectivity index is 4.32. The highest BCUT2D eigenvalue weighted by Gasteiger charge is 2.25. The van der Waals surface area contributed by atoms with Crippen molar-refractivity contribution in [3.8, 4) is 0 Å². The van der Waals surface area contributed by atoms with Gasteiger partial charge in [0.05, 0.1) is 13.2 Å². The van der Waals surface area contributed by atoms with Crippen LogP contribution in [0.25, 0.3) is 0 Å². The number of carbonyl (C=O) groups excluding carboxylic acids is 2. The first-order valence-electron chi connectivity index (χ1n) is 22.1. The Morgan fingerprint density at radius 1 is 0.526 bits per heavy atom. The van der Waals surface area contributed by atoms with E-state index in [1.165, 1.54) is 64.2 Å². The summed E-state index contributed by atoms with van der Waals surface area (Å²) in [6.45, 7) is 3.58. The van der Waals surface area contributed by atoms with E-state index in [0.29, 0.717) is 12.8 Å². The molecule has 0 amide bonds. The molecule has 0 rings (SSSR count). The van der Waals surface area contributed by atoms with Crippen molar-refractivity contribution in [3.05, 3.63) is 85.1 Å². The minimum atomic E-state index is -4.40. The van der Waals surface area contributed by atoms with Gasteiger partial charge in [0.25, 0.3) is 0 Å². The maximum absolute atomic E-state index is 12.6. The summed E-state index contributed by atoms with van der Waals surface area (Å²) < 4.78 is 32.7. The number of hydrogen-bond acceptors (Lipinski definition) is 8. The van der Waals surface area contributed by atoms with E-state index in [1.807, 2.05) is 0 Å². The normalized spacial score (nSPS) is 14.1. The molecule has 0 aromatic rings. The van der Waals surface area contributed by atoms with E-state index >= 15 is 0 Å². The molecule has 1 unspecified atom stereocenters. The molecule has 0 bridgehead atoms. The molecule has 326 valence electrons. The van der Waals surface area contributed by atoms with Crippen molar-refractivity contribution in [2.75, 3.05) is 26.4 Å². The fourth-order valence-electron chi connectivity index (χ4n) is 5.46. The zero-order chi connectivity index (χ0) is 41.8. The van der Waals surface area contributed by atoms with Gasteiger partial charge in [-0.2, -0.15) is 0 Å². The molecule has 9 nitrogen and oxygen atoms in total. The summed E-state index contributed by atoms with van der Waals surface area (Å²) in [5.74, 6) is -0.933. The number of unbranched alkanes of at least 4 members (excludes halogenated alkanes) is 13. The van der Waals surface area contributed by atoms with Crippen LogP contribution in [0.2, 0.25) is 0 Å². The summed E-state index contributed by atoms with van der Waals surface area (Å²) in [5.41, 5.74) is 5.34. The van der Waals surface area contributed by atoms with E-state index in [-0.39, 0.29) is 32.6 Å². The molecule has 0 spiro atoms. The molecule has 0 saturated heterocycles. The lowest BCUT2D eigenvalue weighted by atomic mass is 10.1. The van der Waals surface area contributed by atoms with Crippen LogP contribution in [0.5, 0.6) is 0 Å². The van der Waals surface area contributed by atoms with Crippen molar-refractivity contribution in [3.63, 3.8) is 0 Å². The van der Waals surface area contributed by atoms with Crippen LogP contribution in [0, 0.1) is 0 Å². The molecule has 3 N–H and O–H groups in total. The smallest absolute Gasteiger partial charge is 0.462 e. The number of ether oxygens (including phenoxy) is 2. The first kappa shape index (κ1) is 54.2. The van der Waals surface area contributed by atoms with Crippen LogP contribution >= 0.6 is 7.82 Å². The first-order valence-corrected chi connectivity index (χ1v) is 23.6. The average molecular weight is 818 g/mol. The average Bonchev–Trinajstić information content (AvgIpc) is 3.20. The van der Waals surface area contributed by atoms with E-state index < -0.39 is 32.5 Å². The summed E-state index contributed by atoms with van der Waals surface area (Å²) in [5, 5.41) is 0. The molecule has 0 aromatic carbocycles. The highest BCUT2D eigenvalue weighted by Crippen LogP contribution is 2.43. The Labute approximate surface area is 347 Å². The van der Waals surface area contributed by atoms with Crippen LogP contribution in [-0.2, 0) is 32.7 Å². The van der Waals surface area contributed by atoms with Crippen LogP contribution < -0.4 is 5.73 Å². The summed E-state index contributed by atoms with van der Waals surface area (Å²) in [6.07, 6.45) is 53.3. The minimum Gasteiger partial charge on any atom is -0.462 e. The van der Waals surface area contributed by atoms with Gasteiger partial charge in [-0.05, 0) is 89.9 Å². The third-order valence-corrected chi connectivity index (χ3v) is 9.74. The van der Waals surface area contributed by atoms with E-state index in [0.717, 1.165) is 64.2 Å². The van der Waals surface area contributed by atoms with E-state index in [4.69, 9.17) is 24.3 Å². The second kappa shape index (κ2) is 42.8. The molecular weight excluding hydrogens is 737 g/mol. The summed E-state index contributed by atoms with van der Waals surface area (Å²) >= 11 is 0. The van der Waals surface area contributed by atoms with Crippen LogP contribution in [0.15, 0.2) is 85.1 Å². The van der Waals surface area contributed by atoms with Gasteiger partial charge in [-0.1, -0.05) is 150 Å². The number of esters is 2. The Bertz CT molecular complexity index is 1210. The van der Waals surface area contributed by atoms with Crippen molar-refractivity contribution >= 4 is 19.8 Å². The maximum Gasteiger partial charge on any atom is 0.472 e. The quantitative estimate of drug-likeness (QED) is 0.0268. The maximum atomic E-state index is 12.6. The molecule has 0 aromatic heterocycles. The topological polar surface area (TPSA) is 134 Å². The standard InChI is InChI=1S/C47H80NO8P/c1-3-5-7-9-11-13-15-17-19-21-22-24-26-28-30-32-34-36-38-40-47(50)56-45(44-55-57(51,52)54-42-41-48)43-53-46(49)39-37-35-33-31-29-27-25-23-20-18-16-14-12-10-8-6-4-2/h11,13,17-20,22,24-25,27-28,30-31,33,45H,3-10,12,14-16,21,23,26,29,32,34-44,48H2,1-2H3,(H,51,52)/b13-11-,19-17-,20-18-,24-22-,27-25-,30-28-,33-31-/t45-/m1/s1. The van der Waals surface area contributed by atoms with Gasteiger partial charge in [-0.3, -0.25) is 18.6 Å². The monoisotopic (exact) mass is 818 g/mol. The number of carbonyl (C=O) groups is 2. The highest BCUT2D eigenvalue weighted by atomic mass is 31.2. The van der Waals surface area contributed by atoms with E-state index in [9.17, 15) is 19.0 Å². The lowest BCUT2D eigenvalue weighted by Crippen LogP contribution is -2.29. The second-order valence-corrected chi connectivity index (χ2v) is 15.7. The van der Waals surface area contributed by atoms with Gasteiger partial charge in [-0.15, -0.1) is 0 Å². The van der Waals surface area contributed by atoms with Gasteiger partial charge in [0.15, 0.2) is 6.10 Å². The van der Waals surface area contributed by atoms with Gasteiger partial charge >= 0.3 is 19.8 Å². The van der Waals surface area contributed by atoms with Gasteiger partial charge in [0.2, 0.25) is 0 Å². The Hall–Kier alpha value is -2.81. The van der Waals surface area contributed by atoms with Gasteiger partial charge in [0, 0.05) is 19.4 Å². The van der Waals surface area contributed by atoms with Crippen LogP contribution in [0.4, 0.5) is 0 Å². The molecular formula is C47H80NO8P. The molecule has 0 aliphatic carbocycles. The first-order chi connectivity index (χ1) is 27.8. The molecule has 2 atom stereocenters. The molecule has 0 aliphatic heterocycles. The summed E-state index contributed by atoms with van der Waals surface area (Å²) in [6, 6.07) is 0. The van der Waals surface area contributed by atoms with E-state index in [1.54, 1.807) is 0 Å². The highest BCUT2D eigenvalue weighted by molar-refractivity contribution is 7.47. The van der Waals surface area contributed by atoms with Crippen LogP contribution in [0.1, 0.15) is 168 Å². The fraction of sp³-hybridized carbons (Fsp3) is 0.660. The van der Waals surface area contributed by atoms with Gasteiger partial charge in [0.1, 0.15) is 6.61 Å². The molecule has 0 saturated carbocycles. The van der Waals surface area contributed by atoms with Crippen molar-refractivity contribution in [2.24, 2.45) is 5.73 Å². The van der Waals surface area contributed by atoms with E-state index in [2.05, 4.69) is 98.9 Å². The Morgan fingerprint density at radius 2 is 0.930 bits per heavy atom. The summed E-state index contributed by atoms with van der Waals surface area (Å²) in [4.78, 5) is 34.9.